The number of esters is 2. The molecule has 2 rings (SSSR count). The maximum Gasteiger partial charge on any atom is 0.344 e. The van der Waals surface area contributed by atoms with Crippen LogP contribution in [0.1, 0.15) is 57.6 Å². The molecule has 0 spiro atoms. The molecule has 2 amide bonds. The van der Waals surface area contributed by atoms with Crippen LogP contribution in [0.25, 0.3) is 0 Å². The zero-order valence-electron chi connectivity index (χ0n) is 16.5. The number of aromatic nitrogens is 1. The average molecular weight is 403 g/mol. The number of rotatable bonds is 7. The van der Waals surface area contributed by atoms with Crippen molar-refractivity contribution in [2.75, 3.05) is 23.8 Å². The smallest absolute Gasteiger partial charge is 0.344 e. The number of furan rings is 1. The summed E-state index contributed by atoms with van der Waals surface area (Å²) in [5.41, 5.74) is -0.202. The number of hydrogen-bond donors (Lipinski definition) is 2. The largest absolute Gasteiger partial charge is 0.462 e. The van der Waals surface area contributed by atoms with Gasteiger partial charge in [0.2, 0.25) is 11.8 Å². The van der Waals surface area contributed by atoms with Crippen LogP contribution in [0.2, 0.25) is 0 Å². The lowest BCUT2D eigenvalue weighted by Crippen LogP contribution is -2.18. The lowest BCUT2D eigenvalue weighted by atomic mass is 10.1. The normalized spacial score (nSPS) is 10.2. The van der Waals surface area contributed by atoms with E-state index < -0.39 is 17.8 Å². The molecule has 0 aliphatic carbocycles. The number of pyridine rings is 1. The number of carbonyl (C=O) groups is 4. The van der Waals surface area contributed by atoms with E-state index in [1.54, 1.807) is 13.8 Å². The molecule has 0 atom stereocenters. The molecule has 2 heterocycles. The van der Waals surface area contributed by atoms with Gasteiger partial charge in [0, 0.05) is 18.7 Å². The summed E-state index contributed by atoms with van der Waals surface area (Å²) in [6, 6.07) is 2.76. The van der Waals surface area contributed by atoms with Gasteiger partial charge < -0.3 is 19.2 Å². The molecule has 2 aromatic heterocycles. The number of anilines is 2. The fourth-order valence-electron chi connectivity index (χ4n) is 2.48. The van der Waals surface area contributed by atoms with Gasteiger partial charge in [-0.15, -0.1) is 0 Å². The van der Waals surface area contributed by atoms with Gasteiger partial charge in [0.25, 0.3) is 5.91 Å². The minimum absolute atomic E-state index is 0.0587. The summed E-state index contributed by atoms with van der Waals surface area (Å²) < 4.78 is 15.4. The van der Waals surface area contributed by atoms with E-state index in [2.05, 4.69) is 15.6 Å². The SMILES string of the molecule is CCOC(=O)c1c(C)oc(NC(=O)c2ccnc(NC(C)=O)c2)c1C(=O)OCC. The second-order valence-corrected chi connectivity index (χ2v) is 5.74. The Morgan fingerprint density at radius 2 is 1.66 bits per heavy atom. The van der Waals surface area contributed by atoms with E-state index in [-0.39, 0.29) is 53.3 Å². The number of nitrogens with one attached hydrogen (secondary N) is 2. The van der Waals surface area contributed by atoms with E-state index in [0.29, 0.717) is 0 Å². The molecule has 154 valence electrons. The summed E-state index contributed by atoms with van der Waals surface area (Å²) in [5.74, 6) is -2.57. The summed E-state index contributed by atoms with van der Waals surface area (Å²) in [6.45, 7) is 6.15. The highest BCUT2D eigenvalue weighted by atomic mass is 16.5. The molecule has 0 fully saturated rings. The van der Waals surface area contributed by atoms with E-state index in [0.717, 1.165) is 0 Å². The summed E-state index contributed by atoms with van der Waals surface area (Å²) in [5, 5.41) is 4.91. The Bertz CT molecular complexity index is 949. The van der Waals surface area contributed by atoms with Gasteiger partial charge in [-0.1, -0.05) is 0 Å². The third kappa shape index (κ3) is 5.18. The van der Waals surface area contributed by atoms with Gasteiger partial charge in [-0.3, -0.25) is 14.9 Å². The molecule has 0 aliphatic heterocycles. The van der Waals surface area contributed by atoms with Crippen molar-refractivity contribution in [3.05, 3.63) is 40.8 Å². The Kier molecular flexibility index (Phi) is 7.07. The number of carbonyl (C=O) groups excluding carboxylic acids is 4. The highest BCUT2D eigenvalue weighted by molar-refractivity contribution is 6.11. The van der Waals surface area contributed by atoms with Crippen molar-refractivity contribution < 1.29 is 33.1 Å². The molecule has 0 aromatic carbocycles. The number of aryl methyl sites for hydroxylation is 1. The van der Waals surface area contributed by atoms with Gasteiger partial charge in [-0.2, -0.15) is 0 Å². The van der Waals surface area contributed by atoms with Crippen molar-refractivity contribution in [2.45, 2.75) is 27.7 Å². The van der Waals surface area contributed by atoms with Crippen LogP contribution < -0.4 is 10.6 Å². The first-order valence-electron chi connectivity index (χ1n) is 8.81. The fourth-order valence-corrected chi connectivity index (χ4v) is 2.48. The third-order valence-corrected chi connectivity index (χ3v) is 3.60. The van der Waals surface area contributed by atoms with Crippen molar-refractivity contribution in [3.8, 4) is 0 Å². The van der Waals surface area contributed by atoms with Crippen LogP contribution in [0.3, 0.4) is 0 Å². The standard InChI is InChI=1S/C19H21N3O7/c1-5-27-18(25)14-10(3)29-17(15(14)19(26)28-6-2)22-16(24)12-7-8-20-13(9-12)21-11(4)23/h7-9H,5-6H2,1-4H3,(H,22,24)(H,20,21,23). The van der Waals surface area contributed by atoms with Crippen molar-refractivity contribution in [1.29, 1.82) is 0 Å². The molecule has 10 heteroatoms. The van der Waals surface area contributed by atoms with Crippen molar-refractivity contribution >= 4 is 35.5 Å². The molecule has 2 aromatic rings. The maximum absolute atomic E-state index is 12.6. The van der Waals surface area contributed by atoms with Gasteiger partial charge in [0.15, 0.2) is 0 Å². The minimum Gasteiger partial charge on any atom is -0.462 e. The molecular formula is C19H21N3O7. The number of hydrogen-bond acceptors (Lipinski definition) is 8. The van der Waals surface area contributed by atoms with Crippen LogP contribution in [0.5, 0.6) is 0 Å². The average Bonchev–Trinajstić information content (AvgIpc) is 2.97. The minimum atomic E-state index is -0.837. The molecule has 0 bridgehead atoms. The number of amides is 2. The molecule has 29 heavy (non-hydrogen) atoms. The summed E-state index contributed by atoms with van der Waals surface area (Å²) >= 11 is 0. The Morgan fingerprint density at radius 1 is 1.03 bits per heavy atom. The summed E-state index contributed by atoms with van der Waals surface area (Å²) in [4.78, 5) is 52.4. The number of nitrogens with zero attached hydrogens (tertiary/aromatic N) is 1. The Labute approximate surface area is 166 Å². The lowest BCUT2D eigenvalue weighted by Gasteiger charge is -2.08. The van der Waals surface area contributed by atoms with Crippen LogP contribution in [0.15, 0.2) is 22.7 Å². The van der Waals surface area contributed by atoms with Gasteiger partial charge in [-0.25, -0.2) is 14.6 Å². The van der Waals surface area contributed by atoms with Crippen LogP contribution in [-0.4, -0.2) is 42.0 Å². The topological polar surface area (TPSA) is 137 Å². The molecule has 0 saturated carbocycles. The van der Waals surface area contributed by atoms with Gasteiger partial charge in [0.05, 0.1) is 13.2 Å². The molecule has 0 saturated heterocycles. The van der Waals surface area contributed by atoms with Crippen molar-refractivity contribution in [3.63, 3.8) is 0 Å². The van der Waals surface area contributed by atoms with Crippen LogP contribution in [-0.2, 0) is 14.3 Å². The first-order valence-corrected chi connectivity index (χ1v) is 8.81. The second-order valence-electron chi connectivity index (χ2n) is 5.74. The first-order chi connectivity index (χ1) is 13.8. The fraction of sp³-hybridized carbons (Fsp3) is 0.316. The van der Waals surface area contributed by atoms with Gasteiger partial charge in [0.1, 0.15) is 22.7 Å². The molecule has 2 N–H and O–H groups in total. The van der Waals surface area contributed by atoms with E-state index in [9.17, 15) is 19.2 Å². The first kappa shape index (κ1) is 21.6. The third-order valence-electron chi connectivity index (χ3n) is 3.60. The predicted octanol–water partition coefficient (Wildman–Crippen LogP) is 2.55. The molecule has 10 nitrogen and oxygen atoms in total. The number of ether oxygens (including phenoxy) is 2. The predicted molar refractivity (Wildman–Crippen MR) is 102 cm³/mol. The van der Waals surface area contributed by atoms with Gasteiger partial charge in [-0.05, 0) is 32.9 Å². The van der Waals surface area contributed by atoms with E-state index >= 15 is 0 Å². The molecular weight excluding hydrogens is 382 g/mol. The van der Waals surface area contributed by atoms with Crippen LogP contribution in [0, 0.1) is 6.92 Å². The highest BCUT2D eigenvalue weighted by Gasteiger charge is 2.31. The quantitative estimate of drug-likeness (QED) is 0.673. The van der Waals surface area contributed by atoms with Crippen molar-refractivity contribution in [2.24, 2.45) is 0 Å². The van der Waals surface area contributed by atoms with E-state index in [4.69, 9.17) is 13.9 Å². The Hall–Kier alpha value is -3.69. The lowest BCUT2D eigenvalue weighted by molar-refractivity contribution is -0.114. The highest BCUT2D eigenvalue weighted by Crippen LogP contribution is 2.29. The molecule has 0 unspecified atom stereocenters. The molecule has 0 aliphatic rings. The second kappa shape index (κ2) is 9.49. The maximum atomic E-state index is 12.6. The summed E-state index contributed by atoms with van der Waals surface area (Å²) in [7, 11) is 0. The molecule has 0 radical (unpaired) electrons. The van der Waals surface area contributed by atoms with Crippen molar-refractivity contribution in [1.82, 2.24) is 4.98 Å². The van der Waals surface area contributed by atoms with E-state index in [1.807, 2.05) is 0 Å². The zero-order chi connectivity index (χ0) is 21.6. The van der Waals surface area contributed by atoms with Crippen LogP contribution in [0.4, 0.5) is 11.7 Å². The zero-order valence-corrected chi connectivity index (χ0v) is 16.5. The summed E-state index contributed by atoms with van der Waals surface area (Å²) in [6.07, 6.45) is 1.34. The Morgan fingerprint density at radius 3 is 2.24 bits per heavy atom. The van der Waals surface area contributed by atoms with Gasteiger partial charge >= 0.3 is 11.9 Å². The van der Waals surface area contributed by atoms with E-state index in [1.165, 1.54) is 32.2 Å². The Balaban J connectivity index is 2.40. The monoisotopic (exact) mass is 403 g/mol. The van der Waals surface area contributed by atoms with Crippen LogP contribution >= 0.6 is 0 Å².